The van der Waals surface area contributed by atoms with Gasteiger partial charge in [-0.2, -0.15) is 0 Å². The van der Waals surface area contributed by atoms with Crippen LogP contribution in [-0.2, 0) is 4.79 Å². The van der Waals surface area contributed by atoms with E-state index in [1.165, 1.54) is 48.5 Å². The fraction of sp³-hybridized carbons (Fsp3) is 0.0667. The molecule has 21 heavy (non-hydrogen) atoms. The van der Waals surface area contributed by atoms with Crippen molar-refractivity contribution in [2.75, 3.05) is 11.9 Å². The number of ether oxygens (including phenoxy) is 1. The predicted molar refractivity (Wildman–Crippen MR) is 73.9 cm³/mol. The van der Waals surface area contributed by atoms with Crippen LogP contribution in [0.5, 0.6) is 5.75 Å². The first kappa shape index (κ1) is 14.5. The Morgan fingerprint density at radius 1 is 1.05 bits per heavy atom. The maximum Gasteiger partial charge on any atom is 0.335 e. The Morgan fingerprint density at radius 2 is 1.67 bits per heavy atom. The number of carbonyl (C=O) groups excluding carboxylic acids is 1. The number of benzene rings is 2. The van der Waals surface area contributed by atoms with Gasteiger partial charge in [0.25, 0.3) is 5.91 Å². The molecule has 0 aliphatic carbocycles. The number of carboxylic acid groups (broad SMARTS) is 1. The number of aromatic carboxylic acids is 1. The molecule has 0 aliphatic heterocycles. The quantitative estimate of drug-likeness (QED) is 0.887. The van der Waals surface area contributed by atoms with E-state index in [1.54, 1.807) is 0 Å². The minimum absolute atomic E-state index is 0.135. The van der Waals surface area contributed by atoms with Crippen molar-refractivity contribution in [1.82, 2.24) is 0 Å². The van der Waals surface area contributed by atoms with Crippen molar-refractivity contribution in [2.45, 2.75) is 0 Å². The summed E-state index contributed by atoms with van der Waals surface area (Å²) in [5.74, 6) is -1.44. The highest BCUT2D eigenvalue weighted by molar-refractivity contribution is 5.93. The van der Waals surface area contributed by atoms with E-state index >= 15 is 0 Å². The average molecular weight is 289 g/mol. The van der Waals surface area contributed by atoms with E-state index in [0.29, 0.717) is 11.4 Å². The molecular formula is C15H12FNO4. The Hall–Kier alpha value is -2.89. The van der Waals surface area contributed by atoms with Crippen LogP contribution in [0, 0.1) is 5.82 Å². The van der Waals surface area contributed by atoms with Crippen molar-refractivity contribution >= 4 is 17.6 Å². The van der Waals surface area contributed by atoms with Crippen LogP contribution in [0.1, 0.15) is 10.4 Å². The van der Waals surface area contributed by atoms with Crippen molar-refractivity contribution in [3.05, 3.63) is 59.9 Å². The van der Waals surface area contributed by atoms with Crippen molar-refractivity contribution in [3.63, 3.8) is 0 Å². The normalized spacial score (nSPS) is 9.95. The molecule has 0 spiro atoms. The molecule has 0 aromatic heterocycles. The molecule has 0 radical (unpaired) electrons. The lowest BCUT2D eigenvalue weighted by Crippen LogP contribution is -2.20. The van der Waals surface area contributed by atoms with E-state index in [0.717, 1.165) is 0 Å². The van der Waals surface area contributed by atoms with Gasteiger partial charge in [-0.3, -0.25) is 4.79 Å². The molecule has 0 fully saturated rings. The second kappa shape index (κ2) is 6.51. The molecule has 0 atom stereocenters. The molecule has 2 N–H and O–H groups in total. The van der Waals surface area contributed by atoms with Gasteiger partial charge in [0, 0.05) is 5.69 Å². The van der Waals surface area contributed by atoms with Crippen LogP contribution in [0.15, 0.2) is 48.5 Å². The Bertz CT molecular complexity index is 638. The van der Waals surface area contributed by atoms with Crippen LogP contribution in [-0.4, -0.2) is 23.6 Å². The molecule has 0 saturated carbocycles. The third-order valence-electron chi connectivity index (χ3n) is 2.60. The summed E-state index contributed by atoms with van der Waals surface area (Å²) in [4.78, 5) is 22.3. The largest absolute Gasteiger partial charge is 0.484 e. The molecule has 5 nitrogen and oxygen atoms in total. The van der Waals surface area contributed by atoms with E-state index < -0.39 is 11.9 Å². The average Bonchev–Trinajstić information content (AvgIpc) is 2.47. The zero-order valence-corrected chi connectivity index (χ0v) is 10.9. The van der Waals surface area contributed by atoms with Gasteiger partial charge >= 0.3 is 5.97 Å². The molecule has 6 heteroatoms. The zero-order chi connectivity index (χ0) is 15.2. The standard InChI is InChI=1S/C15H12FNO4/c16-11-3-7-13(8-4-11)21-9-14(18)17-12-5-1-10(2-6-12)15(19)20/h1-8H,9H2,(H,17,18)(H,19,20). The van der Waals surface area contributed by atoms with Gasteiger partial charge in [-0.05, 0) is 48.5 Å². The molecule has 2 aromatic rings. The van der Waals surface area contributed by atoms with Gasteiger partial charge in [0.2, 0.25) is 0 Å². The summed E-state index contributed by atoms with van der Waals surface area (Å²) in [7, 11) is 0. The SMILES string of the molecule is O=C(COc1ccc(F)cc1)Nc1ccc(C(=O)O)cc1. The third-order valence-corrected chi connectivity index (χ3v) is 2.60. The zero-order valence-electron chi connectivity index (χ0n) is 10.9. The highest BCUT2D eigenvalue weighted by Gasteiger charge is 2.06. The first-order valence-corrected chi connectivity index (χ1v) is 6.06. The second-order valence-electron chi connectivity index (χ2n) is 4.17. The first-order chi connectivity index (χ1) is 10.0. The molecule has 1 amide bonds. The second-order valence-corrected chi connectivity index (χ2v) is 4.17. The van der Waals surface area contributed by atoms with Crippen molar-refractivity contribution in [2.24, 2.45) is 0 Å². The van der Waals surface area contributed by atoms with Crippen LogP contribution in [0.2, 0.25) is 0 Å². The Morgan fingerprint density at radius 3 is 2.24 bits per heavy atom. The van der Waals surface area contributed by atoms with E-state index in [1.807, 2.05) is 0 Å². The lowest BCUT2D eigenvalue weighted by molar-refractivity contribution is -0.118. The van der Waals surface area contributed by atoms with Gasteiger partial charge in [-0.25, -0.2) is 9.18 Å². The third kappa shape index (κ3) is 4.31. The Balaban J connectivity index is 1.86. The Labute approximate surface area is 120 Å². The summed E-state index contributed by atoms with van der Waals surface area (Å²) in [5, 5.41) is 11.3. The van der Waals surface area contributed by atoms with Crippen molar-refractivity contribution in [1.29, 1.82) is 0 Å². The summed E-state index contributed by atoms with van der Waals surface area (Å²) in [5.41, 5.74) is 0.600. The molecule has 2 rings (SSSR count). The van der Waals surface area contributed by atoms with Crippen molar-refractivity contribution < 1.29 is 23.8 Å². The fourth-order valence-corrected chi connectivity index (χ4v) is 1.57. The number of hydrogen-bond acceptors (Lipinski definition) is 3. The van der Waals surface area contributed by atoms with E-state index in [-0.39, 0.29) is 18.0 Å². The van der Waals surface area contributed by atoms with E-state index in [2.05, 4.69) is 5.32 Å². The number of amides is 1. The van der Waals surface area contributed by atoms with Crippen molar-refractivity contribution in [3.8, 4) is 5.75 Å². The minimum Gasteiger partial charge on any atom is -0.484 e. The van der Waals surface area contributed by atoms with Crippen LogP contribution < -0.4 is 10.1 Å². The molecule has 0 saturated heterocycles. The lowest BCUT2D eigenvalue weighted by atomic mass is 10.2. The minimum atomic E-state index is -1.03. The van der Waals surface area contributed by atoms with Gasteiger partial charge in [0.1, 0.15) is 11.6 Å². The molecule has 0 heterocycles. The number of rotatable bonds is 5. The number of hydrogen-bond donors (Lipinski definition) is 2. The molecule has 0 aliphatic rings. The van der Waals surface area contributed by atoms with E-state index in [4.69, 9.17) is 9.84 Å². The van der Waals surface area contributed by atoms with Crippen LogP contribution in [0.4, 0.5) is 10.1 Å². The van der Waals surface area contributed by atoms with Crippen LogP contribution >= 0.6 is 0 Å². The van der Waals surface area contributed by atoms with E-state index in [9.17, 15) is 14.0 Å². The molecule has 2 aromatic carbocycles. The number of anilines is 1. The smallest absolute Gasteiger partial charge is 0.335 e. The first-order valence-electron chi connectivity index (χ1n) is 6.06. The topological polar surface area (TPSA) is 75.6 Å². The van der Waals surface area contributed by atoms with Crippen LogP contribution in [0.3, 0.4) is 0 Å². The number of carbonyl (C=O) groups is 2. The lowest BCUT2D eigenvalue weighted by Gasteiger charge is -2.07. The summed E-state index contributed by atoms with van der Waals surface area (Å²) in [6, 6.07) is 11.1. The highest BCUT2D eigenvalue weighted by atomic mass is 19.1. The van der Waals surface area contributed by atoms with Gasteiger partial charge in [0.15, 0.2) is 6.61 Å². The monoisotopic (exact) mass is 289 g/mol. The highest BCUT2D eigenvalue weighted by Crippen LogP contribution is 2.12. The molecule has 108 valence electrons. The number of halogens is 1. The molecule has 0 bridgehead atoms. The number of carboxylic acids is 1. The Kier molecular flexibility index (Phi) is 4.50. The van der Waals surface area contributed by atoms with Gasteiger partial charge in [0.05, 0.1) is 5.56 Å². The molecule has 0 unspecified atom stereocenters. The van der Waals surface area contributed by atoms with Gasteiger partial charge in [-0.15, -0.1) is 0 Å². The fourth-order valence-electron chi connectivity index (χ4n) is 1.57. The van der Waals surface area contributed by atoms with Gasteiger partial charge < -0.3 is 15.2 Å². The molecular weight excluding hydrogens is 277 g/mol. The summed E-state index contributed by atoms with van der Waals surface area (Å²) >= 11 is 0. The summed E-state index contributed by atoms with van der Waals surface area (Å²) in [6.45, 7) is -0.230. The number of nitrogens with one attached hydrogen (secondary N) is 1. The van der Waals surface area contributed by atoms with Gasteiger partial charge in [-0.1, -0.05) is 0 Å². The maximum absolute atomic E-state index is 12.7. The van der Waals surface area contributed by atoms with Crippen LogP contribution in [0.25, 0.3) is 0 Å². The summed E-state index contributed by atoms with van der Waals surface area (Å²) in [6.07, 6.45) is 0. The maximum atomic E-state index is 12.7. The predicted octanol–water partition coefficient (Wildman–Crippen LogP) is 2.54. The summed E-state index contributed by atoms with van der Waals surface area (Å²) < 4.78 is 17.9.